The summed E-state index contributed by atoms with van der Waals surface area (Å²) in [6.45, 7) is 2.51. The minimum atomic E-state index is -1.21. The van der Waals surface area contributed by atoms with Gasteiger partial charge in [-0.15, -0.1) is 0 Å². The number of nitrogens with zero attached hydrogens (tertiary/aromatic N) is 1. The molecular formula is C20H18F2N2O4. The molecule has 1 aromatic heterocycles. The van der Waals surface area contributed by atoms with Gasteiger partial charge in [-0.2, -0.15) is 0 Å². The maximum Gasteiger partial charge on any atom is 0.254 e. The molecule has 0 unspecified atom stereocenters. The van der Waals surface area contributed by atoms with Crippen LogP contribution in [0.3, 0.4) is 0 Å². The minimum absolute atomic E-state index is 0.161. The van der Waals surface area contributed by atoms with Crippen LogP contribution in [-0.4, -0.2) is 17.7 Å². The van der Waals surface area contributed by atoms with Crippen LogP contribution < -0.4 is 15.2 Å². The highest BCUT2D eigenvalue weighted by atomic mass is 19.1. The van der Waals surface area contributed by atoms with Crippen LogP contribution in [-0.2, 0) is 6.61 Å². The van der Waals surface area contributed by atoms with E-state index >= 15 is 0 Å². The summed E-state index contributed by atoms with van der Waals surface area (Å²) >= 11 is 0. The van der Waals surface area contributed by atoms with E-state index in [1.54, 1.807) is 6.07 Å². The van der Waals surface area contributed by atoms with E-state index in [0.717, 1.165) is 29.9 Å². The van der Waals surface area contributed by atoms with Gasteiger partial charge in [0.15, 0.2) is 17.3 Å². The molecule has 3 rings (SSSR count). The maximum atomic E-state index is 14.2. The summed E-state index contributed by atoms with van der Waals surface area (Å²) in [5.41, 5.74) is 5.51. The molecule has 1 heterocycles. The fourth-order valence-corrected chi connectivity index (χ4v) is 2.48. The molecule has 2 aromatic carbocycles. The van der Waals surface area contributed by atoms with Crippen LogP contribution in [0, 0.1) is 11.6 Å². The normalized spacial score (nSPS) is 10.7. The predicted molar refractivity (Wildman–Crippen MR) is 96.9 cm³/mol. The number of primary amides is 1. The first-order valence-electron chi connectivity index (χ1n) is 8.59. The molecule has 0 saturated heterocycles. The maximum absolute atomic E-state index is 14.2. The van der Waals surface area contributed by atoms with Gasteiger partial charge in [-0.1, -0.05) is 12.1 Å². The zero-order valence-electron chi connectivity index (χ0n) is 15.1. The van der Waals surface area contributed by atoms with Crippen molar-refractivity contribution < 1.29 is 27.6 Å². The molecule has 146 valence electrons. The average molecular weight is 388 g/mol. The van der Waals surface area contributed by atoms with Crippen molar-refractivity contribution in [3.63, 3.8) is 0 Å². The molecule has 2 N–H and O–H groups in total. The van der Waals surface area contributed by atoms with Crippen molar-refractivity contribution in [1.29, 1.82) is 0 Å². The monoisotopic (exact) mass is 388 g/mol. The molecule has 0 bridgehead atoms. The SMILES string of the molecule is CCCOc1ccc(-c2cc(COc3ccc(F)c(C(N)=O)c3F)on2)cc1. The molecule has 1 amide bonds. The van der Waals surface area contributed by atoms with Crippen molar-refractivity contribution >= 4 is 5.91 Å². The Balaban J connectivity index is 1.69. The van der Waals surface area contributed by atoms with Crippen LogP contribution in [0.1, 0.15) is 29.5 Å². The number of carbonyl (C=O) groups excluding carboxylic acids is 1. The van der Waals surface area contributed by atoms with Crippen LogP contribution in [0.15, 0.2) is 47.0 Å². The number of halogens is 2. The first-order valence-corrected chi connectivity index (χ1v) is 8.59. The summed E-state index contributed by atoms with van der Waals surface area (Å²) in [5.74, 6) is -2.65. The summed E-state index contributed by atoms with van der Waals surface area (Å²) in [6.07, 6.45) is 0.921. The molecule has 0 saturated carbocycles. The largest absolute Gasteiger partial charge is 0.494 e. The van der Waals surface area contributed by atoms with Crippen molar-refractivity contribution in [3.05, 3.63) is 65.4 Å². The molecule has 0 atom stereocenters. The highest BCUT2D eigenvalue weighted by Crippen LogP contribution is 2.26. The summed E-state index contributed by atoms with van der Waals surface area (Å²) < 4.78 is 43.6. The van der Waals surface area contributed by atoms with Crippen molar-refractivity contribution in [2.24, 2.45) is 5.73 Å². The van der Waals surface area contributed by atoms with Gasteiger partial charge in [0.05, 0.1) is 6.61 Å². The fraction of sp³-hybridized carbons (Fsp3) is 0.200. The highest BCUT2D eigenvalue weighted by Gasteiger charge is 2.19. The van der Waals surface area contributed by atoms with Gasteiger partial charge in [-0.05, 0) is 42.8 Å². The summed E-state index contributed by atoms with van der Waals surface area (Å²) in [6, 6.07) is 11.0. The second-order valence-electron chi connectivity index (χ2n) is 5.94. The van der Waals surface area contributed by atoms with Crippen LogP contribution in [0.25, 0.3) is 11.3 Å². The van der Waals surface area contributed by atoms with Crippen molar-refractivity contribution in [1.82, 2.24) is 5.16 Å². The molecule has 0 aliphatic rings. The molecular weight excluding hydrogens is 370 g/mol. The quantitative estimate of drug-likeness (QED) is 0.628. The van der Waals surface area contributed by atoms with Gasteiger partial charge in [0.25, 0.3) is 5.91 Å². The number of carbonyl (C=O) groups is 1. The smallest absolute Gasteiger partial charge is 0.254 e. The Morgan fingerprint density at radius 2 is 1.89 bits per heavy atom. The first kappa shape index (κ1) is 19.3. The van der Waals surface area contributed by atoms with E-state index in [1.807, 2.05) is 31.2 Å². The number of nitrogens with two attached hydrogens (primary N) is 1. The van der Waals surface area contributed by atoms with E-state index < -0.39 is 23.1 Å². The van der Waals surface area contributed by atoms with Gasteiger partial charge in [0.2, 0.25) is 0 Å². The zero-order chi connectivity index (χ0) is 20.1. The number of amides is 1. The van der Waals surface area contributed by atoms with Crippen LogP contribution in [0.4, 0.5) is 8.78 Å². The third-order valence-corrected chi connectivity index (χ3v) is 3.85. The molecule has 0 radical (unpaired) electrons. The number of aromatic nitrogens is 1. The second kappa shape index (κ2) is 8.51. The lowest BCUT2D eigenvalue weighted by molar-refractivity contribution is 0.0991. The van der Waals surface area contributed by atoms with Crippen LogP contribution in [0.5, 0.6) is 11.5 Å². The first-order chi connectivity index (χ1) is 13.5. The topological polar surface area (TPSA) is 87.6 Å². The van der Waals surface area contributed by atoms with Gasteiger partial charge >= 0.3 is 0 Å². The second-order valence-corrected chi connectivity index (χ2v) is 5.94. The van der Waals surface area contributed by atoms with E-state index in [1.165, 1.54) is 0 Å². The Bertz CT molecular complexity index is 971. The molecule has 0 spiro atoms. The Labute approximate surface area is 159 Å². The number of hydrogen-bond donors (Lipinski definition) is 1. The van der Waals surface area contributed by atoms with E-state index in [0.29, 0.717) is 18.1 Å². The number of hydrogen-bond acceptors (Lipinski definition) is 5. The Morgan fingerprint density at radius 3 is 2.57 bits per heavy atom. The van der Waals surface area contributed by atoms with E-state index in [2.05, 4.69) is 5.16 Å². The lowest BCUT2D eigenvalue weighted by Gasteiger charge is -2.08. The minimum Gasteiger partial charge on any atom is -0.494 e. The number of rotatable bonds is 8. The van der Waals surface area contributed by atoms with Crippen molar-refractivity contribution in [3.8, 4) is 22.8 Å². The van der Waals surface area contributed by atoms with Gasteiger partial charge in [0, 0.05) is 11.6 Å². The molecule has 0 aliphatic carbocycles. The molecule has 3 aromatic rings. The average Bonchev–Trinajstić information content (AvgIpc) is 3.15. The predicted octanol–water partition coefficient (Wildman–Crippen LogP) is 4.09. The Hall–Kier alpha value is -3.42. The van der Waals surface area contributed by atoms with Gasteiger partial charge in [-0.3, -0.25) is 4.79 Å². The van der Waals surface area contributed by atoms with Gasteiger partial charge < -0.3 is 19.7 Å². The van der Waals surface area contributed by atoms with E-state index in [-0.39, 0.29) is 12.4 Å². The Kier molecular flexibility index (Phi) is 5.88. The van der Waals surface area contributed by atoms with E-state index in [9.17, 15) is 13.6 Å². The summed E-state index contributed by atoms with van der Waals surface area (Å²) in [5, 5.41) is 3.95. The van der Waals surface area contributed by atoms with Crippen LogP contribution >= 0.6 is 0 Å². The standard InChI is InChI=1S/C20H18F2N2O4/c1-2-9-26-13-5-3-12(4-6-13)16-10-14(28-24-16)11-27-17-8-7-15(21)18(19(17)22)20(23)25/h3-8,10H,2,9,11H2,1H3,(H2,23,25). The molecule has 6 nitrogen and oxygen atoms in total. The third-order valence-electron chi connectivity index (χ3n) is 3.85. The molecule has 8 heteroatoms. The van der Waals surface area contributed by atoms with Crippen LogP contribution in [0.2, 0.25) is 0 Å². The van der Waals surface area contributed by atoms with Crippen molar-refractivity contribution in [2.75, 3.05) is 6.61 Å². The molecule has 0 fully saturated rings. The zero-order valence-corrected chi connectivity index (χ0v) is 15.1. The number of benzene rings is 2. The lowest BCUT2D eigenvalue weighted by Crippen LogP contribution is -2.16. The fourth-order valence-electron chi connectivity index (χ4n) is 2.48. The summed E-state index contributed by atoms with van der Waals surface area (Å²) in [4.78, 5) is 11.2. The number of ether oxygens (including phenoxy) is 2. The third kappa shape index (κ3) is 4.28. The van der Waals surface area contributed by atoms with Gasteiger partial charge in [0.1, 0.15) is 29.4 Å². The highest BCUT2D eigenvalue weighted by molar-refractivity contribution is 5.93. The molecule has 28 heavy (non-hydrogen) atoms. The van der Waals surface area contributed by atoms with Crippen molar-refractivity contribution in [2.45, 2.75) is 20.0 Å². The summed E-state index contributed by atoms with van der Waals surface area (Å²) in [7, 11) is 0. The van der Waals surface area contributed by atoms with E-state index in [4.69, 9.17) is 19.7 Å². The van der Waals surface area contributed by atoms with Gasteiger partial charge in [-0.25, -0.2) is 8.78 Å². The lowest BCUT2D eigenvalue weighted by atomic mass is 10.1. The Morgan fingerprint density at radius 1 is 1.14 bits per heavy atom. The molecule has 0 aliphatic heterocycles.